The number of ether oxygens (including phenoxy) is 2. The van der Waals surface area contributed by atoms with Crippen molar-refractivity contribution in [2.45, 2.75) is 46.1 Å². The Labute approximate surface area is 167 Å². The van der Waals surface area contributed by atoms with Gasteiger partial charge in [0.15, 0.2) is 5.78 Å². The first-order chi connectivity index (χ1) is 11.2. The molecular weight excluding hydrogens is 433 g/mol. The van der Waals surface area contributed by atoms with E-state index in [2.05, 4.69) is 0 Å². The second-order valence-corrected chi connectivity index (χ2v) is 7.29. The molecule has 2 rings (SSSR count). The number of halogens is 1. The lowest BCUT2D eigenvalue weighted by Gasteiger charge is -2.33. The maximum absolute atomic E-state index is 12.7. The van der Waals surface area contributed by atoms with Gasteiger partial charge in [-0.05, 0) is 64.3 Å². The molecule has 1 amide bonds. The van der Waals surface area contributed by atoms with Crippen molar-refractivity contribution in [1.29, 1.82) is 0 Å². The van der Waals surface area contributed by atoms with Crippen LogP contribution >= 0.6 is 24.0 Å². The summed E-state index contributed by atoms with van der Waals surface area (Å²) >= 11 is 0. The van der Waals surface area contributed by atoms with Crippen molar-refractivity contribution in [3.8, 4) is 5.75 Å². The monoisotopic (exact) mass is 461 g/mol. The fourth-order valence-corrected chi connectivity index (χ4v) is 2.92. The number of aryl methyl sites for hydroxylation is 1. The molecule has 25 heavy (non-hydrogen) atoms. The van der Waals surface area contributed by atoms with Gasteiger partial charge in [-0.1, -0.05) is 0 Å². The minimum atomic E-state index is -0.496. The van der Waals surface area contributed by atoms with Crippen LogP contribution in [0.1, 0.15) is 49.5 Å². The van der Waals surface area contributed by atoms with Crippen LogP contribution in [0.25, 0.3) is 0 Å². The van der Waals surface area contributed by atoms with Gasteiger partial charge in [-0.25, -0.2) is 4.79 Å². The Morgan fingerprint density at radius 1 is 1.16 bits per heavy atom. The molecule has 1 aromatic rings. The van der Waals surface area contributed by atoms with Crippen LogP contribution in [0, 0.1) is 12.8 Å². The Morgan fingerprint density at radius 2 is 1.76 bits per heavy atom. The van der Waals surface area contributed by atoms with Gasteiger partial charge in [0.1, 0.15) is 11.4 Å². The number of ketones is 1. The number of nitrogens with zero attached hydrogens (tertiary/aromatic N) is 1. The van der Waals surface area contributed by atoms with E-state index in [1.807, 2.05) is 45.9 Å². The standard InChI is InChI=1S/C19H27NO4.HI/c1-13-12-15(6-7-16(13)23-5)17(21)14-8-10-20(11-9-14)18(22)24-19(2,3)4;/h6-7,12,14H,8-11H2,1-5H3;1H. The normalized spacial score (nSPS) is 15.3. The van der Waals surface area contributed by atoms with Crippen molar-refractivity contribution in [2.24, 2.45) is 5.92 Å². The summed E-state index contributed by atoms with van der Waals surface area (Å²) in [5.41, 5.74) is 1.17. The van der Waals surface area contributed by atoms with E-state index in [1.165, 1.54) is 0 Å². The molecule has 0 bridgehead atoms. The highest BCUT2D eigenvalue weighted by molar-refractivity contribution is 14.0. The van der Waals surface area contributed by atoms with Gasteiger partial charge in [-0.15, -0.1) is 24.0 Å². The third kappa shape index (κ3) is 5.87. The number of piperidine rings is 1. The van der Waals surface area contributed by atoms with Crippen LogP contribution in [0.15, 0.2) is 18.2 Å². The summed E-state index contributed by atoms with van der Waals surface area (Å²) in [5, 5.41) is 0. The zero-order valence-electron chi connectivity index (χ0n) is 15.6. The molecule has 0 aliphatic carbocycles. The molecule has 1 saturated heterocycles. The van der Waals surface area contributed by atoms with Crippen LogP contribution in [-0.2, 0) is 4.74 Å². The molecule has 1 heterocycles. The fourth-order valence-electron chi connectivity index (χ4n) is 2.92. The lowest BCUT2D eigenvalue weighted by atomic mass is 9.88. The van der Waals surface area contributed by atoms with Gasteiger partial charge in [0.25, 0.3) is 0 Å². The smallest absolute Gasteiger partial charge is 0.410 e. The number of carbonyl (C=O) groups is 2. The van der Waals surface area contributed by atoms with Crippen molar-refractivity contribution < 1.29 is 19.1 Å². The number of benzene rings is 1. The summed E-state index contributed by atoms with van der Waals surface area (Å²) in [6.45, 7) is 8.61. The van der Waals surface area contributed by atoms with Gasteiger partial charge in [0.2, 0.25) is 0 Å². The third-order valence-electron chi connectivity index (χ3n) is 4.20. The molecule has 0 saturated carbocycles. The Balaban J connectivity index is 0.00000312. The SMILES string of the molecule is COc1ccc(C(=O)C2CCN(C(=O)OC(C)(C)C)CC2)cc1C.I. The zero-order valence-corrected chi connectivity index (χ0v) is 18.0. The van der Waals surface area contributed by atoms with Crippen LogP contribution in [0.3, 0.4) is 0 Å². The Kier molecular flexibility index (Phi) is 7.71. The second kappa shape index (κ2) is 8.87. The predicted molar refractivity (Wildman–Crippen MR) is 108 cm³/mol. The van der Waals surface area contributed by atoms with Crippen LogP contribution in [0.5, 0.6) is 5.75 Å². The van der Waals surface area contributed by atoms with Gasteiger partial charge >= 0.3 is 6.09 Å². The van der Waals surface area contributed by atoms with Crippen molar-refractivity contribution in [3.05, 3.63) is 29.3 Å². The molecule has 0 spiro atoms. The summed E-state index contributed by atoms with van der Waals surface area (Å²) in [6, 6.07) is 5.52. The largest absolute Gasteiger partial charge is 0.496 e. The van der Waals surface area contributed by atoms with Crippen molar-refractivity contribution >= 4 is 35.9 Å². The number of likely N-dealkylation sites (tertiary alicyclic amines) is 1. The molecule has 0 radical (unpaired) electrons. The first-order valence-corrected chi connectivity index (χ1v) is 8.38. The number of hydrogen-bond acceptors (Lipinski definition) is 4. The van der Waals surface area contributed by atoms with Crippen molar-refractivity contribution in [3.63, 3.8) is 0 Å². The molecule has 6 heteroatoms. The Morgan fingerprint density at radius 3 is 2.24 bits per heavy atom. The zero-order chi connectivity index (χ0) is 17.9. The maximum Gasteiger partial charge on any atom is 0.410 e. The molecule has 0 N–H and O–H groups in total. The minimum Gasteiger partial charge on any atom is -0.496 e. The van der Waals surface area contributed by atoms with Gasteiger partial charge < -0.3 is 14.4 Å². The van der Waals surface area contributed by atoms with Gasteiger partial charge in [-0.3, -0.25) is 4.79 Å². The van der Waals surface area contributed by atoms with Crippen molar-refractivity contribution in [1.82, 2.24) is 4.90 Å². The number of carbonyl (C=O) groups excluding carboxylic acids is 2. The summed E-state index contributed by atoms with van der Waals surface area (Å²) in [5.74, 6) is 0.882. The minimum absolute atomic E-state index is 0. The van der Waals surface area contributed by atoms with Crippen molar-refractivity contribution in [2.75, 3.05) is 20.2 Å². The van der Waals surface area contributed by atoms with Gasteiger partial charge in [0, 0.05) is 24.6 Å². The Bertz CT molecular complexity index is 616. The van der Waals surface area contributed by atoms with Crippen LogP contribution < -0.4 is 4.74 Å². The van der Waals surface area contributed by atoms with E-state index in [0.717, 1.165) is 11.3 Å². The third-order valence-corrected chi connectivity index (χ3v) is 4.20. The number of methoxy groups -OCH3 is 1. The molecule has 0 unspecified atom stereocenters. The quantitative estimate of drug-likeness (QED) is 0.493. The molecule has 0 atom stereocenters. The highest BCUT2D eigenvalue weighted by Crippen LogP contribution is 2.26. The van der Waals surface area contributed by atoms with E-state index >= 15 is 0 Å². The van der Waals surface area contributed by atoms with Crippen LogP contribution in [-0.4, -0.2) is 42.6 Å². The first kappa shape index (κ1) is 21.7. The molecule has 1 aliphatic heterocycles. The lowest BCUT2D eigenvalue weighted by Crippen LogP contribution is -2.43. The molecule has 0 aromatic heterocycles. The highest BCUT2D eigenvalue weighted by Gasteiger charge is 2.30. The molecule has 140 valence electrons. The van der Waals surface area contributed by atoms with Crippen LogP contribution in [0.4, 0.5) is 4.79 Å². The first-order valence-electron chi connectivity index (χ1n) is 8.38. The summed E-state index contributed by atoms with van der Waals surface area (Å²) < 4.78 is 10.6. The topological polar surface area (TPSA) is 55.8 Å². The summed E-state index contributed by atoms with van der Waals surface area (Å²) in [6.07, 6.45) is 1.04. The van der Waals surface area contributed by atoms with E-state index in [4.69, 9.17) is 9.47 Å². The molecule has 1 fully saturated rings. The highest BCUT2D eigenvalue weighted by atomic mass is 127. The number of hydrogen-bond donors (Lipinski definition) is 0. The molecule has 1 aliphatic rings. The second-order valence-electron chi connectivity index (χ2n) is 7.29. The number of amides is 1. The number of rotatable bonds is 3. The maximum atomic E-state index is 12.7. The lowest BCUT2D eigenvalue weighted by molar-refractivity contribution is 0.0182. The molecule has 1 aromatic carbocycles. The van der Waals surface area contributed by atoms with Crippen LogP contribution in [0.2, 0.25) is 0 Å². The molecular formula is C19H28INO4. The van der Waals surface area contributed by atoms with E-state index in [9.17, 15) is 9.59 Å². The summed E-state index contributed by atoms with van der Waals surface area (Å²) in [7, 11) is 1.62. The van der Waals surface area contributed by atoms with Gasteiger partial charge in [-0.2, -0.15) is 0 Å². The van der Waals surface area contributed by atoms with Gasteiger partial charge in [0.05, 0.1) is 7.11 Å². The summed E-state index contributed by atoms with van der Waals surface area (Å²) in [4.78, 5) is 26.5. The average molecular weight is 461 g/mol. The van der Waals surface area contributed by atoms with E-state index in [0.29, 0.717) is 31.5 Å². The number of Topliss-reactive ketones (excluding diaryl/α,β-unsaturated/α-hetero) is 1. The predicted octanol–water partition coefficient (Wildman–Crippen LogP) is 4.45. The fraction of sp³-hybridized carbons (Fsp3) is 0.579. The van der Waals surface area contributed by atoms with E-state index < -0.39 is 5.60 Å². The molecule has 5 nitrogen and oxygen atoms in total. The Hall–Kier alpha value is -1.31. The average Bonchev–Trinajstić information content (AvgIpc) is 2.52. The van der Waals surface area contributed by atoms with E-state index in [1.54, 1.807) is 12.0 Å². The van der Waals surface area contributed by atoms with E-state index in [-0.39, 0.29) is 41.8 Å².